The third-order valence-electron chi connectivity index (χ3n) is 2.94. The first kappa shape index (κ1) is 16.9. The number of nitro benzene ring substituents is 1. The van der Waals surface area contributed by atoms with Crippen LogP contribution in [0.5, 0.6) is 0 Å². The highest BCUT2D eigenvalue weighted by Crippen LogP contribution is 2.26. The Hall–Kier alpha value is -2.51. The summed E-state index contributed by atoms with van der Waals surface area (Å²) in [6.07, 6.45) is 0. The molecule has 0 atom stereocenters. The monoisotopic (exact) mass is 349 g/mol. The van der Waals surface area contributed by atoms with Crippen molar-refractivity contribution in [1.82, 2.24) is 0 Å². The zero-order valence-electron chi connectivity index (χ0n) is 12.0. The fourth-order valence-electron chi connectivity index (χ4n) is 1.82. The van der Waals surface area contributed by atoms with E-state index in [1.165, 1.54) is 25.1 Å². The molecule has 0 heterocycles. The second kappa shape index (κ2) is 7.17. The van der Waals surface area contributed by atoms with E-state index in [1.54, 1.807) is 24.3 Å². The van der Waals surface area contributed by atoms with Gasteiger partial charge in [-0.05, 0) is 37.3 Å². The van der Waals surface area contributed by atoms with Gasteiger partial charge < -0.3 is 10.6 Å². The van der Waals surface area contributed by atoms with Crippen molar-refractivity contribution in [2.24, 2.45) is 0 Å². The van der Waals surface area contributed by atoms with Crippen LogP contribution in [-0.2, 0) is 0 Å². The van der Waals surface area contributed by atoms with E-state index in [0.717, 1.165) is 0 Å². The predicted molar refractivity (Wildman–Crippen MR) is 94.4 cm³/mol. The summed E-state index contributed by atoms with van der Waals surface area (Å²) in [6.45, 7) is 1.48. The number of thiocarbonyl (C=S) groups is 1. The number of benzene rings is 2. The van der Waals surface area contributed by atoms with Gasteiger partial charge in [-0.1, -0.05) is 23.7 Å². The highest BCUT2D eigenvalue weighted by Gasteiger charge is 2.10. The van der Waals surface area contributed by atoms with Gasteiger partial charge in [-0.3, -0.25) is 14.9 Å². The first-order chi connectivity index (χ1) is 10.9. The van der Waals surface area contributed by atoms with E-state index in [1.807, 2.05) is 0 Å². The average Bonchev–Trinajstić information content (AvgIpc) is 2.49. The van der Waals surface area contributed by atoms with Crippen molar-refractivity contribution < 1.29 is 9.72 Å². The Labute approximate surface area is 142 Å². The molecule has 0 amide bonds. The van der Waals surface area contributed by atoms with Crippen molar-refractivity contribution in [3.05, 3.63) is 63.2 Å². The molecule has 2 rings (SSSR count). The van der Waals surface area contributed by atoms with Crippen molar-refractivity contribution in [3.63, 3.8) is 0 Å². The third-order valence-corrected chi connectivity index (χ3v) is 3.46. The summed E-state index contributed by atoms with van der Waals surface area (Å²) in [5.41, 5.74) is 1.55. The summed E-state index contributed by atoms with van der Waals surface area (Å²) in [4.78, 5) is 21.5. The number of rotatable bonds is 4. The Morgan fingerprint density at radius 1 is 1.22 bits per heavy atom. The Balaban J connectivity index is 2.09. The Kier molecular flexibility index (Phi) is 5.25. The lowest BCUT2D eigenvalue weighted by molar-refractivity contribution is -0.384. The molecule has 0 saturated carbocycles. The SMILES string of the molecule is CC(=O)c1cccc(NC(=S)Nc2ccc([N+](=O)[O-])cc2Cl)c1. The average molecular weight is 350 g/mol. The standard InChI is InChI=1S/C15H12ClN3O3S/c1-9(20)10-3-2-4-11(7-10)17-15(23)18-14-6-5-12(19(21)22)8-13(14)16/h2-8H,1H3,(H2,17,18,23). The zero-order chi connectivity index (χ0) is 17.0. The van der Waals surface area contributed by atoms with Crippen molar-refractivity contribution in [2.45, 2.75) is 6.92 Å². The van der Waals surface area contributed by atoms with E-state index < -0.39 is 4.92 Å². The van der Waals surface area contributed by atoms with E-state index in [-0.39, 0.29) is 21.6 Å². The molecular weight excluding hydrogens is 338 g/mol. The van der Waals surface area contributed by atoms with Crippen LogP contribution in [-0.4, -0.2) is 15.8 Å². The maximum atomic E-state index is 11.4. The van der Waals surface area contributed by atoms with Crippen LogP contribution in [0.15, 0.2) is 42.5 Å². The van der Waals surface area contributed by atoms with Crippen molar-refractivity contribution in [2.75, 3.05) is 10.6 Å². The molecule has 118 valence electrons. The Morgan fingerprint density at radius 3 is 2.57 bits per heavy atom. The van der Waals surface area contributed by atoms with Gasteiger partial charge in [0.2, 0.25) is 0 Å². The van der Waals surface area contributed by atoms with Crippen molar-refractivity contribution >= 4 is 51.8 Å². The van der Waals surface area contributed by atoms with Gasteiger partial charge in [0.05, 0.1) is 15.6 Å². The van der Waals surface area contributed by atoms with Gasteiger partial charge in [-0.15, -0.1) is 0 Å². The molecule has 0 aliphatic carbocycles. The molecule has 2 N–H and O–H groups in total. The summed E-state index contributed by atoms with van der Waals surface area (Å²) < 4.78 is 0. The van der Waals surface area contributed by atoms with E-state index in [4.69, 9.17) is 23.8 Å². The fraction of sp³-hybridized carbons (Fsp3) is 0.0667. The molecule has 0 saturated heterocycles. The van der Waals surface area contributed by atoms with Crippen LogP contribution in [0.2, 0.25) is 5.02 Å². The van der Waals surface area contributed by atoms with Gasteiger partial charge in [0.15, 0.2) is 10.9 Å². The minimum absolute atomic E-state index is 0.0501. The zero-order valence-corrected chi connectivity index (χ0v) is 13.6. The molecule has 0 bridgehead atoms. The van der Waals surface area contributed by atoms with E-state index in [0.29, 0.717) is 16.9 Å². The maximum Gasteiger partial charge on any atom is 0.271 e. The molecule has 0 aliphatic heterocycles. The van der Waals surface area contributed by atoms with Crippen LogP contribution < -0.4 is 10.6 Å². The number of ketones is 1. The highest BCUT2D eigenvalue weighted by molar-refractivity contribution is 7.80. The minimum atomic E-state index is -0.528. The highest BCUT2D eigenvalue weighted by atomic mass is 35.5. The minimum Gasteiger partial charge on any atom is -0.332 e. The molecule has 0 aromatic heterocycles. The summed E-state index contributed by atoms with van der Waals surface area (Å²) in [6, 6.07) is 10.9. The van der Waals surface area contributed by atoms with Crippen molar-refractivity contribution in [3.8, 4) is 0 Å². The second-order valence-electron chi connectivity index (χ2n) is 4.64. The third kappa shape index (κ3) is 4.48. The van der Waals surface area contributed by atoms with Gasteiger partial charge in [0.25, 0.3) is 5.69 Å². The molecular formula is C15H12ClN3O3S. The first-order valence-electron chi connectivity index (χ1n) is 6.50. The number of nitro groups is 1. The molecule has 6 nitrogen and oxygen atoms in total. The topological polar surface area (TPSA) is 84.3 Å². The lowest BCUT2D eigenvalue weighted by atomic mass is 10.1. The van der Waals surface area contributed by atoms with Gasteiger partial charge >= 0.3 is 0 Å². The van der Waals surface area contributed by atoms with Crippen molar-refractivity contribution in [1.29, 1.82) is 0 Å². The Bertz CT molecular complexity index is 795. The molecule has 0 radical (unpaired) electrons. The number of anilines is 2. The summed E-state index contributed by atoms with van der Waals surface area (Å²) in [7, 11) is 0. The van der Waals surface area contributed by atoms with E-state index in [2.05, 4.69) is 10.6 Å². The lowest BCUT2D eigenvalue weighted by Gasteiger charge is -2.12. The smallest absolute Gasteiger partial charge is 0.271 e. The number of nitrogens with one attached hydrogen (secondary N) is 2. The number of carbonyl (C=O) groups excluding carboxylic acids is 1. The summed E-state index contributed by atoms with van der Waals surface area (Å²) in [5.74, 6) is -0.0501. The molecule has 23 heavy (non-hydrogen) atoms. The van der Waals surface area contributed by atoms with E-state index in [9.17, 15) is 14.9 Å². The summed E-state index contributed by atoms with van der Waals surface area (Å²) >= 11 is 11.2. The Morgan fingerprint density at radius 2 is 1.96 bits per heavy atom. The normalized spacial score (nSPS) is 10.0. The quantitative estimate of drug-likeness (QED) is 0.371. The van der Waals surface area contributed by atoms with Gasteiger partial charge in [0, 0.05) is 23.4 Å². The molecule has 2 aromatic carbocycles. The van der Waals surface area contributed by atoms with Crippen LogP contribution >= 0.6 is 23.8 Å². The molecule has 0 aliphatic rings. The van der Waals surface area contributed by atoms with Crippen LogP contribution in [0.1, 0.15) is 17.3 Å². The predicted octanol–water partition coefficient (Wildman–Crippen LogP) is 4.26. The van der Waals surface area contributed by atoms with E-state index >= 15 is 0 Å². The number of halogens is 1. The van der Waals surface area contributed by atoms with Crippen LogP contribution in [0.25, 0.3) is 0 Å². The van der Waals surface area contributed by atoms with Crippen LogP contribution in [0.3, 0.4) is 0 Å². The van der Waals surface area contributed by atoms with Gasteiger partial charge in [-0.25, -0.2) is 0 Å². The number of non-ortho nitro benzene ring substituents is 1. The lowest BCUT2D eigenvalue weighted by Crippen LogP contribution is -2.19. The number of Topliss-reactive ketones (excluding diaryl/α,β-unsaturated/α-hetero) is 1. The molecule has 0 unspecified atom stereocenters. The summed E-state index contributed by atoms with van der Waals surface area (Å²) in [5, 5.41) is 16.9. The molecule has 0 fully saturated rings. The molecule has 2 aromatic rings. The largest absolute Gasteiger partial charge is 0.332 e. The first-order valence-corrected chi connectivity index (χ1v) is 7.28. The maximum absolute atomic E-state index is 11.4. The number of hydrogen-bond donors (Lipinski definition) is 2. The van der Waals surface area contributed by atoms with Gasteiger partial charge in [0.1, 0.15) is 0 Å². The number of hydrogen-bond acceptors (Lipinski definition) is 4. The van der Waals surface area contributed by atoms with Gasteiger partial charge in [-0.2, -0.15) is 0 Å². The second-order valence-corrected chi connectivity index (χ2v) is 5.45. The number of carbonyl (C=O) groups is 1. The molecule has 0 spiro atoms. The molecule has 8 heteroatoms. The van der Waals surface area contributed by atoms with Crippen LogP contribution in [0.4, 0.5) is 17.1 Å². The van der Waals surface area contributed by atoms with Crippen LogP contribution in [0, 0.1) is 10.1 Å². The fourth-order valence-corrected chi connectivity index (χ4v) is 2.27. The number of nitrogens with zero attached hydrogens (tertiary/aromatic N) is 1.